The van der Waals surface area contributed by atoms with E-state index in [2.05, 4.69) is 10.5 Å². The molecule has 0 aromatic heterocycles. The van der Waals surface area contributed by atoms with E-state index in [1.54, 1.807) is 6.92 Å². The van der Waals surface area contributed by atoms with E-state index in [1.165, 1.54) is 0 Å². The SMILES string of the molecule is CCC/C(C)=N/NC(=O)c1cc(O)c(O)c(O)c1. The Morgan fingerprint density at radius 2 is 1.83 bits per heavy atom. The first-order valence-corrected chi connectivity index (χ1v) is 5.54. The fourth-order valence-corrected chi connectivity index (χ4v) is 1.36. The van der Waals surface area contributed by atoms with Gasteiger partial charge in [0, 0.05) is 11.3 Å². The average Bonchev–Trinajstić information content (AvgIpc) is 2.32. The molecule has 1 rings (SSSR count). The number of phenolic OH excluding ortho intramolecular Hbond substituents is 3. The minimum atomic E-state index is -0.655. The molecular formula is C12H16N2O4. The summed E-state index contributed by atoms with van der Waals surface area (Å²) in [7, 11) is 0. The molecule has 1 aromatic carbocycles. The van der Waals surface area contributed by atoms with Crippen molar-refractivity contribution >= 4 is 11.6 Å². The number of aromatic hydroxyl groups is 3. The van der Waals surface area contributed by atoms with Gasteiger partial charge in [-0.1, -0.05) is 13.3 Å². The van der Waals surface area contributed by atoms with Crippen molar-refractivity contribution in [3.8, 4) is 17.2 Å². The van der Waals surface area contributed by atoms with Gasteiger partial charge in [0.25, 0.3) is 5.91 Å². The Morgan fingerprint density at radius 1 is 1.28 bits per heavy atom. The zero-order valence-electron chi connectivity index (χ0n) is 10.3. The van der Waals surface area contributed by atoms with Gasteiger partial charge in [0.1, 0.15) is 0 Å². The molecule has 0 fully saturated rings. The van der Waals surface area contributed by atoms with Gasteiger partial charge in [0.05, 0.1) is 0 Å². The van der Waals surface area contributed by atoms with E-state index in [-0.39, 0.29) is 5.56 Å². The number of hydrazone groups is 1. The van der Waals surface area contributed by atoms with E-state index in [4.69, 9.17) is 5.11 Å². The molecule has 18 heavy (non-hydrogen) atoms. The van der Waals surface area contributed by atoms with E-state index in [9.17, 15) is 15.0 Å². The topological polar surface area (TPSA) is 102 Å². The monoisotopic (exact) mass is 252 g/mol. The van der Waals surface area contributed by atoms with Crippen LogP contribution in [0.15, 0.2) is 17.2 Å². The van der Waals surface area contributed by atoms with Gasteiger partial charge in [-0.05, 0) is 25.5 Å². The molecule has 0 radical (unpaired) electrons. The second kappa shape index (κ2) is 5.90. The van der Waals surface area contributed by atoms with Crippen LogP contribution in [0.5, 0.6) is 17.2 Å². The summed E-state index contributed by atoms with van der Waals surface area (Å²) < 4.78 is 0. The molecule has 0 unspecified atom stereocenters. The van der Waals surface area contributed by atoms with Crippen LogP contribution < -0.4 is 5.43 Å². The Hall–Kier alpha value is -2.24. The highest BCUT2D eigenvalue weighted by Crippen LogP contribution is 2.35. The number of hydrogen-bond donors (Lipinski definition) is 4. The molecule has 4 N–H and O–H groups in total. The van der Waals surface area contributed by atoms with Crippen molar-refractivity contribution in [2.45, 2.75) is 26.7 Å². The maximum absolute atomic E-state index is 11.6. The normalized spacial score (nSPS) is 11.3. The Bertz CT molecular complexity index is 460. The van der Waals surface area contributed by atoms with Crippen molar-refractivity contribution in [3.05, 3.63) is 17.7 Å². The van der Waals surface area contributed by atoms with Gasteiger partial charge >= 0.3 is 0 Å². The van der Waals surface area contributed by atoms with Gasteiger partial charge in [-0.3, -0.25) is 4.79 Å². The summed E-state index contributed by atoms with van der Waals surface area (Å²) in [6.07, 6.45) is 1.69. The number of carbonyl (C=O) groups is 1. The summed E-state index contributed by atoms with van der Waals surface area (Å²) in [5, 5.41) is 31.5. The maximum Gasteiger partial charge on any atom is 0.271 e. The molecule has 6 heteroatoms. The van der Waals surface area contributed by atoms with Crippen LogP contribution in [0.3, 0.4) is 0 Å². The highest BCUT2D eigenvalue weighted by atomic mass is 16.3. The fourth-order valence-electron chi connectivity index (χ4n) is 1.36. The van der Waals surface area contributed by atoms with Crippen molar-refractivity contribution in [1.82, 2.24) is 5.43 Å². The molecule has 0 saturated carbocycles. The smallest absolute Gasteiger partial charge is 0.271 e. The van der Waals surface area contributed by atoms with Crippen LogP contribution in [0.25, 0.3) is 0 Å². The van der Waals surface area contributed by atoms with E-state index < -0.39 is 23.2 Å². The number of nitrogens with zero attached hydrogens (tertiary/aromatic N) is 1. The maximum atomic E-state index is 11.6. The molecule has 0 aliphatic heterocycles. The highest BCUT2D eigenvalue weighted by Gasteiger charge is 2.12. The van der Waals surface area contributed by atoms with Gasteiger partial charge < -0.3 is 15.3 Å². The lowest BCUT2D eigenvalue weighted by atomic mass is 10.2. The van der Waals surface area contributed by atoms with E-state index in [0.29, 0.717) is 0 Å². The molecule has 0 atom stereocenters. The quantitative estimate of drug-likeness (QED) is 0.372. The summed E-state index contributed by atoms with van der Waals surface area (Å²) in [4.78, 5) is 11.6. The number of benzene rings is 1. The van der Waals surface area contributed by atoms with Crippen molar-refractivity contribution < 1.29 is 20.1 Å². The molecule has 0 spiro atoms. The fraction of sp³-hybridized carbons (Fsp3) is 0.333. The summed E-state index contributed by atoms with van der Waals surface area (Å²) >= 11 is 0. The van der Waals surface area contributed by atoms with E-state index in [0.717, 1.165) is 30.7 Å². The summed E-state index contributed by atoms with van der Waals surface area (Å²) in [6, 6.07) is 2.10. The van der Waals surface area contributed by atoms with Crippen LogP contribution in [0.1, 0.15) is 37.0 Å². The Labute approximate surface area is 105 Å². The molecule has 6 nitrogen and oxygen atoms in total. The minimum absolute atomic E-state index is 0.0100. The van der Waals surface area contributed by atoms with Crippen molar-refractivity contribution in [1.29, 1.82) is 0 Å². The van der Waals surface area contributed by atoms with Gasteiger partial charge in [-0.25, -0.2) is 5.43 Å². The lowest BCUT2D eigenvalue weighted by molar-refractivity contribution is 0.0954. The number of amides is 1. The predicted octanol–water partition coefficient (Wildman–Crippen LogP) is 1.71. The lowest BCUT2D eigenvalue weighted by Gasteiger charge is -2.05. The number of rotatable bonds is 4. The molecule has 0 heterocycles. The van der Waals surface area contributed by atoms with Crippen LogP contribution in [-0.4, -0.2) is 26.9 Å². The predicted molar refractivity (Wildman–Crippen MR) is 66.9 cm³/mol. The Morgan fingerprint density at radius 3 is 2.33 bits per heavy atom. The Balaban J connectivity index is 2.82. The average molecular weight is 252 g/mol. The lowest BCUT2D eigenvalue weighted by Crippen LogP contribution is -2.18. The van der Waals surface area contributed by atoms with Crippen LogP contribution in [0, 0.1) is 0 Å². The van der Waals surface area contributed by atoms with Crippen LogP contribution >= 0.6 is 0 Å². The first-order valence-electron chi connectivity index (χ1n) is 5.54. The number of carbonyl (C=O) groups excluding carboxylic acids is 1. The molecule has 1 amide bonds. The molecular weight excluding hydrogens is 236 g/mol. The van der Waals surface area contributed by atoms with Crippen LogP contribution in [0.4, 0.5) is 0 Å². The second-order valence-electron chi connectivity index (χ2n) is 3.90. The van der Waals surface area contributed by atoms with Crippen molar-refractivity contribution in [2.75, 3.05) is 0 Å². The zero-order valence-corrected chi connectivity index (χ0v) is 10.3. The van der Waals surface area contributed by atoms with Crippen molar-refractivity contribution in [3.63, 3.8) is 0 Å². The number of hydrogen-bond acceptors (Lipinski definition) is 5. The first-order chi connectivity index (χ1) is 8.45. The molecule has 0 bridgehead atoms. The third kappa shape index (κ3) is 3.38. The zero-order chi connectivity index (χ0) is 13.7. The highest BCUT2D eigenvalue weighted by molar-refractivity contribution is 5.96. The summed E-state index contributed by atoms with van der Waals surface area (Å²) in [6.45, 7) is 3.78. The first kappa shape index (κ1) is 13.8. The molecule has 98 valence electrons. The van der Waals surface area contributed by atoms with Gasteiger partial charge in [-0.15, -0.1) is 0 Å². The van der Waals surface area contributed by atoms with Crippen LogP contribution in [0.2, 0.25) is 0 Å². The van der Waals surface area contributed by atoms with Crippen LogP contribution in [-0.2, 0) is 0 Å². The Kier molecular flexibility index (Phi) is 4.53. The molecule has 0 aliphatic rings. The molecule has 0 aliphatic carbocycles. The minimum Gasteiger partial charge on any atom is -0.504 e. The van der Waals surface area contributed by atoms with Gasteiger partial charge in [-0.2, -0.15) is 5.10 Å². The number of nitrogens with one attached hydrogen (secondary N) is 1. The summed E-state index contributed by atoms with van der Waals surface area (Å²) in [5.74, 6) is -2.35. The molecule has 0 saturated heterocycles. The summed E-state index contributed by atoms with van der Waals surface area (Å²) in [5.41, 5.74) is 3.09. The number of phenols is 3. The molecule has 1 aromatic rings. The van der Waals surface area contributed by atoms with Crippen molar-refractivity contribution in [2.24, 2.45) is 5.10 Å². The third-order valence-electron chi connectivity index (χ3n) is 2.29. The van der Waals surface area contributed by atoms with Gasteiger partial charge in [0.15, 0.2) is 17.2 Å². The largest absolute Gasteiger partial charge is 0.504 e. The standard InChI is InChI=1S/C12H16N2O4/c1-3-4-7(2)13-14-12(18)8-5-9(15)11(17)10(16)6-8/h5-6,15-17H,3-4H2,1-2H3,(H,14,18)/b13-7+. The van der Waals surface area contributed by atoms with Gasteiger partial charge in [0.2, 0.25) is 0 Å². The van der Waals surface area contributed by atoms with E-state index in [1.807, 2.05) is 6.92 Å². The second-order valence-corrected chi connectivity index (χ2v) is 3.90. The third-order valence-corrected chi connectivity index (χ3v) is 2.29. The van der Waals surface area contributed by atoms with E-state index >= 15 is 0 Å².